The molecule has 2 amide bonds. The summed E-state index contributed by atoms with van der Waals surface area (Å²) in [7, 11) is 0. The predicted molar refractivity (Wildman–Crippen MR) is 94.4 cm³/mol. The molecule has 1 aromatic carbocycles. The Bertz CT molecular complexity index is 898. The van der Waals surface area contributed by atoms with Gasteiger partial charge in [0.25, 0.3) is 5.91 Å². The number of rotatable bonds is 5. The molecular weight excluding hydrogens is 324 g/mol. The molecular formula is C17H18N4O2S. The lowest BCUT2D eigenvalue weighted by molar-refractivity contribution is -0.118. The van der Waals surface area contributed by atoms with E-state index in [1.165, 1.54) is 11.3 Å². The highest BCUT2D eigenvalue weighted by molar-refractivity contribution is 7.20. The van der Waals surface area contributed by atoms with E-state index < -0.39 is 5.91 Å². The normalized spacial score (nSPS) is 12.2. The fourth-order valence-corrected chi connectivity index (χ4v) is 3.64. The molecule has 1 unspecified atom stereocenters. The molecule has 7 heteroatoms. The van der Waals surface area contributed by atoms with E-state index in [1.54, 1.807) is 6.92 Å². The van der Waals surface area contributed by atoms with Gasteiger partial charge in [-0.3, -0.25) is 9.59 Å². The number of aryl methyl sites for hydroxylation is 1. The van der Waals surface area contributed by atoms with E-state index in [2.05, 4.69) is 10.4 Å². The molecule has 1 atom stereocenters. The molecule has 2 heterocycles. The van der Waals surface area contributed by atoms with Gasteiger partial charge in [0, 0.05) is 17.8 Å². The summed E-state index contributed by atoms with van der Waals surface area (Å²) in [5.74, 6) is -0.640. The summed E-state index contributed by atoms with van der Waals surface area (Å²) in [4.78, 5) is 24.8. The van der Waals surface area contributed by atoms with Crippen LogP contribution in [0.2, 0.25) is 0 Å². The largest absolute Gasteiger partial charge is 0.370 e. The van der Waals surface area contributed by atoms with Crippen molar-refractivity contribution in [1.29, 1.82) is 0 Å². The number of benzene rings is 1. The van der Waals surface area contributed by atoms with E-state index >= 15 is 0 Å². The first kappa shape index (κ1) is 16.2. The number of amides is 2. The van der Waals surface area contributed by atoms with Crippen molar-refractivity contribution < 1.29 is 9.59 Å². The molecule has 24 heavy (non-hydrogen) atoms. The number of fused-ring (bicyclic) bond motifs is 1. The fourth-order valence-electron chi connectivity index (χ4n) is 2.55. The van der Waals surface area contributed by atoms with E-state index in [4.69, 9.17) is 5.73 Å². The molecule has 6 nitrogen and oxygen atoms in total. The summed E-state index contributed by atoms with van der Waals surface area (Å²) in [5, 5.41) is 8.31. The van der Waals surface area contributed by atoms with Gasteiger partial charge in [-0.05, 0) is 32.0 Å². The van der Waals surface area contributed by atoms with Gasteiger partial charge < -0.3 is 11.1 Å². The van der Waals surface area contributed by atoms with Crippen LogP contribution in [0, 0.1) is 6.92 Å². The third-order valence-electron chi connectivity index (χ3n) is 3.65. The van der Waals surface area contributed by atoms with Gasteiger partial charge in [0.05, 0.1) is 16.3 Å². The molecule has 3 aromatic rings. The number of carbonyl (C=O) groups is 2. The summed E-state index contributed by atoms with van der Waals surface area (Å²) in [6, 6.07) is 11.3. The predicted octanol–water partition coefficient (Wildman–Crippen LogP) is 2.39. The van der Waals surface area contributed by atoms with Gasteiger partial charge in [-0.2, -0.15) is 5.10 Å². The number of nitrogens with two attached hydrogens (primary N) is 1. The lowest BCUT2D eigenvalue weighted by atomic mass is 10.2. The highest BCUT2D eigenvalue weighted by Crippen LogP contribution is 2.30. The summed E-state index contributed by atoms with van der Waals surface area (Å²) < 4.78 is 1.85. The number of thiophene rings is 1. The minimum absolute atomic E-state index is 0.119. The highest BCUT2D eigenvalue weighted by atomic mass is 32.1. The molecule has 3 N–H and O–H groups in total. The van der Waals surface area contributed by atoms with Crippen molar-refractivity contribution in [2.75, 3.05) is 0 Å². The Morgan fingerprint density at radius 1 is 1.33 bits per heavy atom. The van der Waals surface area contributed by atoms with Crippen molar-refractivity contribution in [3.8, 4) is 5.69 Å². The van der Waals surface area contributed by atoms with Crippen LogP contribution in [0.15, 0.2) is 36.4 Å². The van der Waals surface area contributed by atoms with Crippen LogP contribution in [0.3, 0.4) is 0 Å². The van der Waals surface area contributed by atoms with Crippen molar-refractivity contribution >= 4 is 33.4 Å². The summed E-state index contributed by atoms with van der Waals surface area (Å²) in [6.45, 7) is 3.68. The minimum atomic E-state index is -0.435. The number of hydrogen-bond donors (Lipinski definition) is 2. The van der Waals surface area contributed by atoms with Gasteiger partial charge in [0.1, 0.15) is 4.83 Å². The Hall–Kier alpha value is -2.67. The first-order valence-corrected chi connectivity index (χ1v) is 8.41. The lowest BCUT2D eigenvalue weighted by Crippen LogP contribution is -2.35. The first-order valence-electron chi connectivity index (χ1n) is 7.59. The highest BCUT2D eigenvalue weighted by Gasteiger charge is 2.18. The number of nitrogens with zero attached hydrogens (tertiary/aromatic N) is 2. The zero-order chi connectivity index (χ0) is 17.3. The number of carbonyl (C=O) groups excluding carboxylic acids is 2. The Labute approximate surface area is 143 Å². The standard InChI is InChI=1S/C17H18N4O2S/c1-10(8-15(18)22)19-16(23)14-9-13-11(2)20-21(17(13)24-14)12-6-4-3-5-7-12/h3-7,9-10H,8H2,1-2H3,(H2,18,22)(H,19,23). The molecule has 0 saturated carbocycles. The van der Waals surface area contributed by atoms with Crippen LogP contribution >= 0.6 is 11.3 Å². The Kier molecular flexibility index (Phi) is 4.35. The van der Waals surface area contributed by atoms with Crippen LogP contribution in [-0.4, -0.2) is 27.6 Å². The molecule has 0 aliphatic carbocycles. The fraction of sp³-hybridized carbons (Fsp3) is 0.235. The second kappa shape index (κ2) is 6.45. The average Bonchev–Trinajstić information content (AvgIpc) is 3.08. The molecule has 0 spiro atoms. The van der Waals surface area contributed by atoms with Crippen molar-refractivity contribution in [1.82, 2.24) is 15.1 Å². The quantitative estimate of drug-likeness (QED) is 0.746. The van der Waals surface area contributed by atoms with Crippen molar-refractivity contribution in [2.24, 2.45) is 5.73 Å². The van der Waals surface area contributed by atoms with Gasteiger partial charge in [0.2, 0.25) is 5.91 Å². The van der Waals surface area contributed by atoms with Crippen molar-refractivity contribution in [3.63, 3.8) is 0 Å². The van der Waals surface area contributed by atoms with Crippen LogP contribution in [0.25, 0.3) is 15.9 Å². The lowest BCUT2D eigenvalue weighted by Gasteiger charge is -2.10. The summed E-state index contributed by atoms with van der Waals surface area (Å²) in [5.41, 5.74) is 6.98. The molecule has 0 aliphatic heterocycles. The zero-order valence-corrected chi connectivity index (χ0v) is 14.3. The van der Waals surface area contributed by atoms with E-state index in [0.29, 0.717) is 4.88 Å². The number of aromatic nitrogens is 2. The van der Waals surface area contributed by atoms with E-state index in [0.717, 1.165) is 21.6 Å². The SMILES string of the molecule is Cc1nn(-c2ccccc2)c2sc(C(=O)NC(C)CC(N)=O)cc12. The third kappa shape index (κ3) is 3.16. The van der Waals surface area contributed by atoms with Crippen LogP contribution < -0.4 is 11.1 Å². The Balaban J connectivity index is 1.92. The molecule has 0 radical (unpaired) electrons. The van der Waals surface area contributed by atoms with Crippen molar-refractivity contribution in [3.05, 3.63) is 47.0 Å². The number of nitrogens with one attached hydrogen (secondary N) is 1. The molecule has 3 rings (SSSR count). The summed E-state index contributed by atoms with van der Waals surface area (Å²) in [6.07, 6.45) is 0.119. The minimum Gasteiger partial charge on any atom is -0.370 e. The molecule has 0 saturated heterocycles. The number of para-hydroxylation sites is 1. The second-order valence-corrected chi connectivity index (χ2v) is 6.74. The average molecular weight is 342 g/mol. The zero-order valence-electron chi connectivity index (χ0n) is 13.4. The number of hydrogen-bond acceptors (Lipinski definition) is 4. The van der Waals surface area contributed by atoms with E-state index in [9.17, 15) is 9.59 Å². The van der Waals surface area contributed by atoms with Crippen LogP contribution in [0.5, 0.6) is 0 Å². The maximum atomic E-state index is 12.4. The smallest absolute Gasteiger partial charge is 0.261 e. The van der Waals surface area contributed by atoms with Gasteiger partial charge in [-0.25, -0.2) is 4.68 Å². The third-order valence-corrected chi connectivity index (χ3v) is 4.76. The Morgan fingerprint density at radius 2 is 2.04 bits per heavy atom. The second-order valence-electron chi connectivity index (χ2n) is 5.71. The molecule has 124 valence electrons. The first-order chi connectivity index (χ1) is 11.5. The molecule has 0 fully saturated rings. The van der Waals surface area contributed by atoms with Gasteiger partial charge in [-0.15, -0.1) is 11.3 Å². The van der Waals surface area contributed by atoms with Gasteiger partial charge in [0.15, 0.2) is 0 Å². The van der Waals surface area contributed by atoms with Crippen LogP contribution in [-0.2, 0) is 4.79 Å². The van der Waals surface area contributed by atoms with Gasteiger partial charge in [-0.1, -0.05) is 18.2 Å². The monoisotopic (exact) mass is 342 g/mol. The van der Waals surface area contributed by atoms with Crippen molar-refractivity contribution in [2.45, 2.75) is 26.3 Å². The van der Waals surface area contributed by atoms with Crippen LogP contribution in [0.1, 0.15) is 28.7 Å². The topological polar surface area (TPSA) is 90.0 Å². The maximum Gasteiger partial charge on any atom is 0.261 e. The van der Waals surface area contributed by atoms with E-state index in [1.807, 2.05) is 48.0 Å². The summed E-state index contributed by atoms with van der Waals surface area (Å²) >= 11 is 1.38. The molecule has 0 bridgehead atoms. The molecule has 0 aliphatic rings. The van der Waals surface area contributed by atoms with Crippen LogP contribution in [0.4, 0.5) is 0 Å². The maximum absolute atomic E-state index is 12.4. The van der Waals surface area contributed by atoms with Gasteiger partial charge >= 0.3 is 0 Å². The Morgan fingerprint density at radius 3 is 2.71 bits per heavy atom. The number of primary amides is 1. The van der Waals surface area contributed by atoms with E-state index in [-0.39, 0.29) is 18.4 Å². The molecule has 2 aromatic heterocycles.